The maximum absolute atomic E-state index is 11.9. The summed E-state index contributed by atoms with van der Waals surface area (Å²) in [7, 11) is 0. The Hall–Kier alpha value is -0.610. The van der Waals surface area contributed by atoms with E-state index in [9.17, 15) is 4.79 Å². The van der Waals surface area contributed by atoms with Crippen molar-refractivity contribution in [1.82, 2.24) is 15.5 Å². The summed E-state index contributed by atoms with van der Waals surface area (Å²) >= 11 is 0. The van der Waals surface area contributed by atoms with Gasteiger partial charge in [-0.15, -0.1) is 0 Å². The number of hydrogen-bond donors (Lipinski definition) is 2. The van der Waals surface area contributed by atoms with E-state index >= 15 is 0 Å². The van der Waals surface area contributed by atoms with Crippen molar-refractivity contribution in [2.45, 2.75) is 44.6 Å². The van der Waals surface area contributed by atoms with Crippen LogP contribution in [0.1, 0.15) is 38.5 Å². The molecule has 0 spiro atoms. The van der Waals surface area contributed by atoms with Crippen molar-refractivity contribution in [3.63, 3.8) is 0 Å². The summed E-state index contributed by atoms with van der Waals surface area (Å²) in [4.78, 5) is 14.2. The molecule has 2 aliphatic rings. The summed E-state index contributed by atoms with van der Waals surface area (Å²) < 4.78 is 0. The highest BCUT2D eigenvalue weighted by molar-refractivity contribution is 5.78. The van der Waals surface area contributed by atoms with Crippen molar-refractivity contribution < 1.29 is 4.79 Å². The maximum Gasteiger partial charge on any atom is 0.234 e. The van der Waals surface area contributed by atoms with Gasteiger partial charge < -0.3 is 10.6 Å². The van der Waals surface area contributed by atoms with Crippen LogP contribution in [0.5, 0.6) is 0 Å². The van der Waals surface area contributed by atoms with Crippen molar-refractivity contribution in [3.8, 4) is 0 Å². The lowest BCUT2D eigenvalue weighted by Crippen LogP contribution is -2.43. The molecular weight excluding hydrogens is 214 g/mol. The molecule has 0 atom stereocenters. The van der Waals surface area contributed by atoms with Gasteiger partial charge in [-0.25, -0.2) is 0 Å². The van der Waals surface area contributed by atoms with Crippen molar-refractivity contribution in [2.75, 3.05) is 32.7 Å². The van der Waals surface area contributed by atoms with Crippen LogP contribution in [0.25, 0.3) is 0 Å². The Morgan fingerprint density at radius 2 is 1.94 bits per heavy atom. The first kappa shape index (κ1) is 12.8. The third-order valence-electron chi connectivity index (χ3n) is 3.77. The molecule has 1 saturated heterocycles. The molecule has 0 unspecified atom stereocenters. The maximum atomic E-state index is 11.9. The molecule has 0 radical (unpaired) electrons. The quantitative estimate of drug-likeness (QED) is 0.763. The van der Waals surface area contributed by atoms with Crippen molar-refractivity contribution >= 4 is 5.91 Å². The van der Waals surface area contributed by atoms with Crippen LogP contribution in [0.4, 0.5) is 0 Å². The number of nitrogens with one attached hydrogen (secondary N) is 2. The first-order chi connectivity index (χ1) is 8.34. The Morgan fingerprint density at radius 1 is 1.12 bits per heavy atom. The Labute approximate surface area is 104 Å². The van der Waals surface area contributed by atoms with Gasteiger partial charge >= 0.3 is 0 Å². The second kappa shape index (κ2) is 6.97. The highest BCUT2D eigenvalue weighted by atomic mass is 16.2. The largest absolute Gasteiger partial charge is 0.352 e. The predicted molar refractivity (Wildman–Crippen MR) is 68.9 cm³/mol. The predicted octanol–water partition coefficient (Wildman–Crippen LogP) is 0.731. The molecule has 1 aliphatic heterocycles. The number of hydrogen-bond acceptors (Lipinski definition) is 3. The molecule has 98 valence electrons. The molecule has 0 bridgehead atoms. The van der Waals surface area contributed by atoms with Gasteiger partial charge in [-0.1, -0.05) is 19.3 Å². The number of amides is 1. The number of nitrogens with zero attached hydrogens (tertiary/aromatic N) is 1. The smallest absolute Gasteiger partial charge is 0.234 e. The molecule has 1 saturated carbocycles. The van der Waals surface area contributed by atoms with Crippen molar-refractivity contribution in [3.05, 3.63) is 0 Å². The normalized spacial score (nSPS) is 24.2. The molecule has 2 rings (SSSR count). The molecule has 4 nitrogen and oxygen atoms in total. The van der Waals surface area contributed by atoms with Gasteiger partial charge in [-0.3, -0.25) is 9.69 Å². The van der Waals surface area contributed by atoms with Gasteiger partial charge in [0.15, 0.2) is 0 Å². The zero-order valence-electron chi connectivity index (χ0n) is 10.7. The van der Waals surface area contributed by atoms with E-state index in [-0.39, 0.29) is 5.91 Å². The van der Waals surface area contributed by atoms with E-state index in [0.29, 0.717) is 12.6 Å². The van der Waals surface area contributed by atoms with E-state index in [2.05, 4.69) is 15.5 Å². The molecule has 0 aromatic carbocycles. The summed E-state index contributed by atoms with van der Waals surface area (Å²) in [6, 6.07) is 0.446. The van der Waals surface area contributed by atoms with Crippen LogP contribution in [-0.2, 0) is 4.79 Å². The topological polar surface area (TPSA) is 44.4 Å². The van der Waals surface area contributed by atoms with E-state index in [1.54, 1.807) is 0 Å². The molecule has 4 heteroatoms. The van der Waals surface area contributed by atoms with Gasteiger partial charge in [0, 0.05) is 19.1 Å². The number of carbonyl (C=O) groups excluding carboxylic acids is 1. The summed E-state index contributed by atoms with van der Waals surface area (Å²) in [6.07, 6.45) is 7.39. The van der Waals surface area contributed by atoms with Gasteiger partial charge in [-0.2, -0.15) is 0 Å². The van der Waals surface area contributed by atoms with Gasteiger partial charge in [-0.05, 0) is 32.4 Å². The van der Waals surface area contributed by atoms with Crippen LogP contribution in [0, 0.1) is 0 Å². The van der Waals surface area contributed by atoms with Crippen LogP contribution in [-0.4, -0.2) is 49.6 Å². The Balaban J connectivity index is 1.68. The minimum atomic E-state index is 0.221. The second-order valence-electron chi connectivity index (χ2n) is 5.28. The molecular formula is C13H25N3O. The summed E-state index contributed by atoms with van der Waals surface area (Å²) in [5.74, 6) is 0.221. The first-order valence-electron chi connectivity index (χ1n) is 7.07. The lowest BCUT2D eigenvalue weighted by Gasteiger charge is -2.25. The zero-order valence-corrected chi connectivity index (χ0v) is 10.7. The third-order valence-corrected chi connectivity index (χ3v) is 3.77. The Kier molecular flexibility index (Phi) is 5.26. The molecule has 17 heavy (non-hydrogen) atoms. The fourth-order valence-electron chi connectivity index (χ4n) is 2.78. The molecule has 1 aliphatic carbocycles. The monoisotopic (exact) mass is 239 g/mol. The van der Waals surface area contributed by atoms with Gasteiger partial charge in [0.25, 0.3) is 0 Å². The van der Waals surface area contributed by atoms with E-state index < -0.39 is 0 Å². The zero-order chi connectivity index (χ0) is 11.9. The minimum Gasteiger partial charge on any atom is -0.352 e. The van der Waals surface area contributed by atoms with E-state index in [1.807, 2.05) is 0 Å². The van der Waals surface area contributed by atoms with Gasteiger partial charge in [0.2, 0.25) is 5.91 Å². The Bertz CT molecular complexity index is 231. The van der Waals surface area contributed by atoms with Crippen LogP contribution in [0.15, 0.2) is 0 Å². The standard InChI is InChI=1S/C13H25N3O/c17-13(15-12-5-2-1-3-6-12)11-16-9-4-7-14-8-10-16/h12,14H,1-11H2,(H,15,17). The molecule has 0 aromatic heterocycles. The summed E-state index contributed by atoms with van der Waals surface area (Å²) in [6.45, 7) is 4.72. The highest BCUT2D eigenvalue weighted by Gasteiger charge is 2.17. The van der Waals surface area contributed by atoms with Crippen molar-refractivity contribution in [1.29, 1.82) is 0 Å². The van der Waals surface area contributed by atoms with E-state index in [1.165, 1.54) is 32.1 Å². The molecule has 2 N–H and O–H groups in total. The minimum absolute atomic E-state index is 0.221. The van der Waals surface area contributed by atoms with Crippen LogP contribution < -0.4 is 10.6 Å². The van der Waals surface area contributed by atoms with Crippen molar-refractivity contribution in [2.24, 2.45) is 0 Å². The average molecular weight is 239 g/mol. The molecule has 2 fully saturated rings. The van der Waals surface area contributed by atoms with Crippen LogP contribution >= 0.6 is 0 Å². The molecule has 0 aromatic rings. The summed E-state index contributed by atoms with van der Waals surface area (Å²) in [5, 5.41) is 6.54. The molecule has 1 amide bonds. The second-order valence-corrected chi connectivity index (χ2v) is 5.28. The third kappa shape index (κ3) is 4.64. The van der Waals surface area contributed by atoms with Gasteiger partial charge in [0.1, 0.15) is 0 Å². The lowest BCUT2D eigenvalue weighted by molar-refractivity contribution is -0.123. The first-order valence-corrected chi connectivity index (χ1v) is 7.07. The lowest BCUT2D eigenvalue weighted by atomic mass is 9.95. The van der Waals surface area contributed by atoms with Crippen LogP contribution in [0.3, 0.4) is 0 Å². The average Bonchev–Trinajstić information content (AvgIpc) is 2.59. The van der Waals surface area contributed by atoms with E-state index in [4.69, 9.17) is 0 Å². The SMILES string of the molecule is O=C(CN1CCCNCC1)NC1CCCCC1. The highest BCUT2D eigenvalue weighted by Crippen LogP contribution is 2.17. The summed E-state index contributed by atoms with van der Waals surface area (Å²) in [5.41, 5.74) is 0. The fraction of sp³-hybridized carbons (Fsp3) is 0.923. The number of rotatable bonds is 3. The molecule has 1 heterocycles. The number of carbonyl (C=O) groups is 1. The fourth-order valence-corrected chi connectivity index (χ4v) is 2.78. The van der Waals surface area contributed by atoms with Crippen LogP contribution in [0.2, 0.25) is 0 Å². The Morgan fingerprint density at radius 3 is 2.76 bits per heavy atom. The van der Waals surface area contributed by atoms with E-state index in [0.717, 1.165) is 32.6 Å². The van der Waals surface area contributed by atoms with Gasteiger partial charge in [0.05, 0.1) is 6.54 Å².